The Kier molecular flexibility index (Phi) is 3.77. The van der Waals surface area contributed by atoms with Gasteiger partial charge in [-0.15, -0.1) is 0 Å². The molecule has 0 bridgehead atoms. The van der Waals surface area contributed by atoms with Crippen LogP contribution in [0.5, 0.6) is 0 Å². The lowest BCUT2D eigenvalue weighted by molar-refractivity contribution is -0.137. The van der Waals surface area contributed by atoms with E-state index in [2.05, 4.69) is 10.0 Å². The lowest BCUT2D eigenvalue weighted by atomic mass is 10.2. The molecule has 0 saturated heterocycles. The van der Waals surface area contributed by atoms with Crippen LogP contribution in [0.4, 0.5) is 5.69 Å². The van der Waals surface area contributed by atoms with Gasteiger partial charge in [-0.1, -0.05) is 0 Å². The second-order valence-electron chi connectivity index (χ2n) is 4.62. The minimum atomic E-state index is -3.45. The first kappa shape index (κ1) is 13.8. The zero-order valence-electron chi connectivity index (χ0n) is 10.5. The number of hydrogen-bond donors (Lipinski definition) is 3. The van der Waals surface area contributed by atoms with Gasteiger partial charge in [0.05, 0.1) is 4.90 Å². The highest BCUT2D eigenvalue weighted by atomic mass is 32.2. The Balaban J connectivity index is 2.07. The van der Waals surface area contributed by atoms with Crippen molar-refractivity contribution in [3.8, 4) is 0 Å². The molecule has 6 nitrogen and oxygen atoms in total. The molecule has 0 aliphatic heterocycles. The molecule has 1 unspecified atom stereocenters. The largest absolute Gasteiger partial charge is 0.480 e. The number of carbonyl (C=O) groups is 1. The second-order valence-corrected chi connectivity index (χ2v) is 6.34. The Morgan fingerprint density at radius 3 is 2.37 bits per heavy atom. The van der Waals surface area contributed by atoms with Crippen LogP contribution in [0.15, 0.2) is 29.2 Å². The Labute approximate surface area is 111 Å². The van der Waals surface area contributed by atoms with Crippen LogP contribution in [0.2, 0.25) is 0 Å². The summed E-state index contributed by atoms with van der Waals surface area (Å²) in [5, 5.41) is 11.5. The molecule has 0 aromatic heterocycles. The predicted molar refractivity (Wildman–Crippen MR) is 70.5 cm³/mol. The van der Waals surface area contributed by atoms with Gasteiger partial charge >= 0.3 is 5.97 Å². The van der Waals surface area contributed by atoms with Gasteiger partial charge in [-0.25, -0.2) is 13.1 Å². The summed E-state index contributed by atoms with van der Waals surface area (Å²) in [4.78, 5) is 10.9. The molecule has 2 rings (SSSR count). The average molecular weight is 284 g/mol. The first-order valence-corrected chi connectivity index (χ1v) is 7.48. The minimum absolute atomic E-state index is 0.0647. The van der Waals surface area contributed by atoms with Crippen molar-refractivity contribution in [2.75, 3.05) is 5.32 Å². The lowest BCUT2D eigenvalue weighted by Crippen LogP contribution is -2.26. The molecule has 0 heterocycles. The summed E-state index contributed by atoms with van der Waals surface area (Å²) in [5.74, 6) is -0.966. The van der Waals surface area contributed by atoms with Crippen LogP contribution in [0.3, 0.4) is 0 Å². The molecule has 0 spiro atoms. The third kappa shape index (κ3) is 3.68. The van der Waals surface area contributed by atoms with Gasteiger partial charge < -0.3 is 10.4 Å². The third-order valence-electron chi connectivity index (χ3n) is 2.82. The van der Waals surface area contributed by atoms with E-state index in [0.29, 0.717) is 5.69 Å². The molecule has 1 aliphatic rings. The molecule has 0 radical (unpaired) electrons. The van der Waals surface area contributed by atoms with E-state index in [4.69, 9.17) is 5.11 Å². The number of aliphatic carboxylic acids is 1. The van der Waals surface area contributed by atoms with Gasteiger partial charge in [0.25, 0.3) is 0 Å². The van der Waals surface area contributed by atoms with E-state index >= 15 is 0 Å². The van der Waals surface area contributed by atoms with E-state index in [9.17, 15) is 13.2 Å². The highest BCUT2D eigenvalue weighted by Gasteiger charge is 2.27. The molecule has 1 aromatic rings. The Morgan fingerprint density at radius 1 is 1.32 bits per heavy atom. The molecule has 3 N–H and O–H groups in total. The number of carboxylic acid groups (broad SMARTS) is 1. The van der Waals surface area contributed by atoms with Crippen molar-refractivity contribution in [3.63, 3.8) is 0 Å². The van der Waals surface area contributed by atoms with Gasteiger partial charge in [-0.3, -0.25) is 4.79 Å². The van der Waals surface area contributed by atoms with Gasteiger partial charge in [0.15, 0.2) is 0 Å². The van der Waals surface area contributed by atoms with Crippen LogP contribution in [0.1, 0.15) is 19.8 Å². The van der Waals surface area contributed by atoms with Crippen molar-refractivity contribution >= 4 is 21.7 Å². The summed E-state index contributed by atoms with van der Waals surface area (Å²) in [6.07, 6.45) is 1.77. The number of sulfonamides is 1. The van der Waals surface area contributed by atoms with Gasteiger partial charge in [-0.2, -0.15) is 0 Å². The molecule has 1 fully saturated rings. The van der Waals surface area contributed by atoms with Gasteiger partial charge in [0, 0.05) is 11.7 Å². The molecular formula is C12H16N2O4S. The highest BCUT2D eigenvalue weighted by molar-refractivity contribution is 7.89. The van der Waals surface area contributed by atoms with Crippen LogP contribution in [0, 0.1) is 0 Å². The second kappa shape index (κ2) is 5.18. The maximum atomic E-state index is 11.9. The monoisotopic (exact) mass is 284 g/mol. The SMILES string of the molecule is CC(Nc1ccc(S(=O)(=O)NC2CC2)cc1)C(=O)O. The number of rotatable bonds is 6. The Morgan fingerprint density at radius 2 is 1.89 bits per heavy atom. The normalized spacial score (nSPS) is 16.9. The minimum Gasteiger partial charge on any atom is -0.480 e. The number of benzene rings is 1. The fraction of sp³-hybridized carbons (Fsp3) is 0.417. The lowest BCUT2D eigenvalue weighted by Gasteiger charge is -2.11. The first-order chi connectivity index (χ1) is 8.88. The number of carboxylic acids is 1. The quantitative estimate of drug-likeness (QED) is 0.724. The maximum Gasteiger partial charge on any atom is 0.325 e. The van der Waals surface area contributed by atoms with Crippen molar-refractivity contribution in [2.24, 2.45) is 0 Å². The average Bonchev–Trinajstić information content (AvgIpc) is 3.12. The van der Waals surface area contributed by atoms with Crippen LogP contribution >= 0.6 is 0 Å². The Hall–Kier alpha value is -1.60. The van der Waals surface area contributed by atoms with E-state index in [-0.39, 0.29) is 10.9 Å². The van der Waals surface area contributed by atoms with Crippen LogP contribution < -0.4 is 10.0 Å². The molecule has 1 aliphatic carbocycles. The van der Waals surface area contributed by atoms with Crippen LogP contribution in [0.25, 0.3) is 0 Å². The third-order valence-corrected chi connectivity index (χ3v) is 4.35. The van der Waals surface area contributed by atoms with E-state index in [1.54, 1.807) is 12.1 Å². The van der Waals surface area contributed by atoms with E-state index in [1.165, 1.54) is 19.1 Å². The van der Waals surface area contributed by atoms with Gasteiger partial charge in [0.2, 0.25) is 10.0 Å². The number of nitrogens with one attached hydrogen (secondary N) is 2. The summed E-state index contributed by atoms with van der Waals surface area (Å²) in [6.45, 7) is 1.52. The molecule has 1 aromatic carbocycles. The predicted octanol–water partition coefficient (Wildman–Crippen LogP) is 1.01. The summed E-state index contributed by atoms with van der Waals surface area (Å²) in [7, 11) is -3.45. The zero-order chi connectivity index (χ0) is 14.0. The molecule has 0 amide bonds. The first-order valence-electron chi connectivity index (χ1n) is 6.00. The Bertz CT molecular complexity index is 564. The van der Waals surface area contributed by atoms with E-state index in [1.807, 2.05) is 0 Å². The zero-order valence-corrected chi connectivity index (χ0v) is 11.3. The maximum absolute atomic E-state index is 11.9. The van der Waals surface area contributed by atoms with Gasteiger partial charge in [0.1, 0.15) is 6.04 Å². The topological polar surface area (TPSA) is 95.5 Å². The number of hydrogen-bond acceptors (Lipinski definition) is 4. The highest BCUT2D eigenvalue weighted by Crippen LogP contribution is 2.22. The van der Waals surface area contributed by atoms with Crippen LogP contribution in [-0.2, 0) is 14.8 Å². The summed E-state index contributed by atoms with van der Waals surface area (Å²) in [6, 6.07) is 5.37. The smallest absolute Gasteiger partial charge is 0.325 e. The summed E-state index contributed by atoms with van der Waals surface area (Å²) in [5.41, 5.74) is 0.570. The molecule has 1 saturated carbocycles. The fourth-order valence-electron chi connectivity index (χ4n) is 1.53. The molecule has 1 atom stereocenters. The summed E-state index contributed by atoms with van der Waals surface area (Å²) < 4.78 is 26.4. The van der Waals surface area contributed by atoms with Gasteiger partial charge in [-0.05, 0) is 44.0 Å². The van der Waals surface area contributed by atoms with Crippen LogP contribution in [-0.4, -0.2) is 31.6 Å². The van der Waals surface area contributed by atoms with Crippen molar-refractivity contribution in [3.05, 3.63) is 24.3 Å². The van der Waals surface area contributed by atoms with Crippen molar-refractivity contribution < 1.29 is 18.3 Å². The standard InChI is InChI=1S/C12H16N2O4S/c1-8(12(15)16)13-9-4-6-11(7-5-9)19(17,18)14-10-2-3-10/h4-8,10,13-14H,2-3H2,1H3,(H,15,16). The molecular weight excluding hydrogens is 268 g/mol. The number of anilines is 1. The van der Waals surface area contributed by atoms with E-state index < -0.39 is 22.0 Å². The summed E-state index contributed by atoms with van der Waals surface area (Å²) >= 11 is 0. The molecule has 19 heavy (non-hydrogen) atoms. The molecule has 7 heteroatoms. The van der Waals surface area contributed by atoms with Crippen molar-refractivity contribution in [1.82, 2.24) is 4.72 Å². The van der Waals surface area contributed by atoms with Crippen molar-refractivity contribution in [1.29, 1.82) is 0 Å². The fourth-order valence-corrected chi connectivity index (χ4v) is 2.84. The van der Waals surface area contributed by atoms with Crippen molar-refractivity contribution in [2.45, 2.75) is 36.7 Å². The van der Waals surface area contributed by atoms with E-state index in [0.717, 1.165) is 12.8 Å². The molecule has 104 valence electrons.